The molecule has 1 unspecified atom stereocenters. The third-order valence-electron chi connectivity index (χ3n) is 5.78. The number of amides is 1. The minimum atomic E-state index is -0.0397. The van der Waals surface area contributed by atoms with Crippen LogP contribution >= 0.6 is 0 Å². The summed E-state index contributed by atoms with van der Waals surface area (Å²) in [5.41, 5.74) is 1.76. The Morgan fingerprint density at radius 1 is 1.00 bits per heavy atom. The highest BCUT2D eigenvalue weighted by molar-refractivity contribution is 5.84. The van der Waals surface area contributed by atoms with E-state index >= 15 is 0 Å². The van der Waals surface area contributed by atoms with Gasteiger partial charge in [-0.2, -0.15) is 0 Å². The molecule has 1 atom stereocenters. The molecule has 3 aromatic rings. The van der Waals surface area contributed by atoms with E-state index < -0.39 is 0 Å². The highest BCUT2D eigenvalue weighted by atomic mass is 16.5. The number of carbonyl (C=O) groups excluding carboxylic acids is 1. The van der Waals surface area contributed by atoms with Gasteiger partial charge in [-0.15, -0.1) is 0 Å². The number of ether oxygens (including phenoxy) is 4. The first-order chi connectivity index (χ1) is 15.6. The number of hydrogen-bond acceptors (Lipinski definition) is 6. The molecule has 0 bridgehead atoms. The summed E-state index contributed by atoms with van der Waals surface area (Å²) in [4.78, 5) is 19.2. The lowest BCUT2D eigenvalue weighted by Crippen LogP contribution is -2.31. The average molecular weight is 437 g/mol. The van der Waals surface area contributed by atoms with Crippen molar-refractivity contribution in [1.29, 1.82) is 0 Å². The Labute approximate surface area is 187 Å². The van der Waals surface area contributed by atoms with E-state index in [0.717, 1.165) is 28.6 Å². The second-order valence-corrected chi connectivity index (χ2v) is 7.69. The van der Waals surface area contributed by atoms with Crippen molar-refractivity contribution < 1.29 is 23.7 Å². The average Bonchev–Trinajstić information content (AvgIpc) is 3.30. The van der Waals surface area contributed by atoms with Crippen LogP contribution in [0.3, 0.4) is 0 Å². The molecule has 2 aromatic carbocycles. The minimum absolute atomic E-state index is 0.0397. The van der Waals surface area contributed by atoms with Crippen molar-refractivity contribution in [2.24, 2.45) is 0 Å². The van der Waals surface area contributed by atoms with Crippen molar-refractivity contribution in [3.8, 4) is 23.0 Å². The SMILES string of the molecule is COc1ccc(CCC(=O)N2CCC(Oc3cccc4cccnc34)C2)c(OC)c1OC. The van der Waals surface area contributed by atoms with Crippen LogP contribution in [0.5, 0.6) is 23.0 Å². The number of aryl methyl sites for hydroxylation is 1. The van der Waals surface area contributed by atoms with Crippen LogP contribution in [-0.4, -0.2) is 56.3 Å². The highest BCUT2D eigenvalue weighted by Gasteiger charge is 2.28. The Bertz CT molecular complexity index is 1100. The van der Waals surface area contributed by atoms with Gasteiger partial charge in [-0.1, -0.05) is 24.3 Å². The fourth-order valence-electron chi connectivity index (χ4n) is 4.16. The Morgan fingerprint density at radius 3 is 2.59 bits per heavy atom. The lowest BCUT2D eigenvalue weighted by molar-refractivity contribution is -0.130. The molecule has 0 N–H and O–H groups in total. The summed E-state index contributed by atoms with van der Waals surface area (Å²) < 4.78 is 22.5. The first-order valence-corrected chi connectivity index (χ1v) is 10.7. The Kier molecular flexibility index (Phi) is 6.63. The molecule has 4 rings (SSSR count). The molecule has 7 heteroatoms. The van der Waals surface area contributed by atoms with Crippen LogP contribution in [-0.2, 0) is 11.2 Å². The van der Waals surface area contributed by atoms with Gasteiger partial charge in [-0.25, -0.2) is 0 Å². The van der Waals surface area contributed by atoms with Crippen LogP contribution in [0.15, 0.2) is 48.7 Å². The van der Waals surface area contributed by atoms with Crippen LogP contribution in [0, 0.1) is 0 Å². The van der Waals surface area contributed by atoms with E-state index in [1.165, 1.54) is 0 Å². The summed E-state index contributed by atoms with van der Waals surface area (Å²) >= 11 is 0. The first kappa shape index (κ1) is 21.7. The smallest absolute Gasteiger partial charge is 0.223 e. The zero-order valence-corrected chi connectivity index (χ0v) is 18.7. The number of rotatable bonds is 8. The lowest BCUT2D eigenvalue weighted by atomic mass is 10.1. The van der Waals surface area contributed by atoms with Gasteiger partial charge in [0.05, 0.1) is 27.9 Å². The van der Waals surface area contributed by atoms with E-state index in [0.29, 0.717) is 43.2 Å². The van der Waals surface area contributed by atoms with Crippen molar-refractivity contribution >= 4 is 16.8 Å². The largest absolute Gasteiger partial charge is 0.493 e. The van der Waals surface area contributed by atoms with Gasteiger partial charge in [0.1, 0.15) is 17.4 Å². The molecule has 168 valence electrons. The molecule has 1 saturated heterocycles. The lowest BCUT2D eigenvalue weighted by Gasteiger charge is -2.19. The Morgan fingerprint density at radius 2 is 1.81 bits per heavy atom. The molecule has 1 amide bonds. The maximum atomic E-state index is 12.9. The van der Waals surface area contributed by atoms with E-state index in [1.807, 2.05) is 47.4 Å². The number of hydrogen-bond donors (Lipinski definition) is 0. The topological polar surface area (TPSA) is 70.1 Å². The monoisotopic (exact) mass is 436 g/mol. The van der Waals surface area contributed by atoms with Gasteiger partial charge in [0.2, 0.25) is 11.7 Å². The van der Waals surface area contributed by atoms with Crippen molar-refractivity contribution in [1.82, 2.24) is 9.88 Å². The highest BCUT2D eigenvalue weighted by Crippen LogP contribution is 2.40. The molecule has 0 spiro atoms. The van der Waals surface area contributed by atoms with Crippen molar-refractivity contribution in [2.45, 2.75) is 25.4 Å². The molecule has 1 aliphatic rings. The molecular weight excluding hydrogens is 408 g/mol. The number of nitrogens with zero attached hydrogens (tertiary/aromatic N) is 2. The van der Waals surface area contributed by atoms with Crippen molar-refractivity contribution in [3.05, 3.63) is 54.2 Å². The first-order valence-electron chi connectivity index (χ1n) is 10.7. The second kappa shape index (κ2) is 9.77. The predicted octanol–water partition coefficient (Wildman–Crippen LogP) is 3.87. The third kappa shape index (κ3) is 4.42. The van der Waals surface area contributed by atoms with Gasteiger partial charge >= 0.3 is 0 Å². The van der Waals surface area contributed by atoms with Crippen LogP contribution in [0.25, 0.3) is 10.9 Å². The van der Waals surface area contributed by atoms with Crippen LogP contribution in [0.4, 0.5) is 0 Å². The van der Waals surface area contributed by atoms with Gasteiger partial charge in [0.15, 0.2) is 11.5 Å². The van der Waals surface area contributed by atoms with E-state index in [4.69, 9.17) is 18.9 Å². The standard InChI is InChI=1S/C25H28N2O5/c1-29-21-11-9-18(24(30-2)25(21)31-3)10-12-22(28)27-15-13-19(16-27)32-20-8-4-6-17-7-5-14-26-23(17)20/h4-9,11,14,19H,10,12-13,15-16H2,1-3H3. The molecule has 32 heavy (non-hydrogen) atoms. The van der Waals surface area contributed by atoms with Crippen LogP contribution in [0.2, 0.25) is 0 Å². The van der Waals surface area contributed by atoms with E-state index in [9.17, 15) is 4.79 Å². The zero-order valence-electron chi connectivity index (χ0n) is 18.7. The summed E-state index contributed by atoms with van der Waals surface area (Å²) in [6.45, 7) is 1.26. The van der Waals surface area contributed by atoms with Crippen LogP contribution < -0.4 is 18.9 Å². The number of aromatic nitrogens is 1. The fraction of sp³-hybridized carbons (Fsp3) is 0.360. The number of para-hydroxylation sites is 1. The molecule has 1 aromatic heterocycles. The molecule has 7 nitrogen and oxygen atoms in total. The number of pyridine rings is 1. The third-order valence-corrected chi connectivity index (χ3v) is 5.78. The van der Waals surface area contributed by atoms with Crippen molar-refractivity contribution in [3.63, 3.8) is 0 Å². The number of methoxy groups -OCH3 is 3. The zero-order chi connectivity index (χ0) is 22.5. The molecule has 2 heterocycles. The minimum Gasteiger partial charge on any atom is -0.493 e. The Balaban J connectivity index is 1.37. The quantitative estimate of drug-likeness (QED) is 0.534. The summed E-state index contributed by atoms with van der Waals surface area (Å²) in [5.74, 6) is 2.60. The molecule has 0 aliphatic carbocycles. The second-order valence-electron chi connectivity index (χ2n) is 7.69. The van der Waals surface area contributed by atoms with E-state index in [-0.39, 0.29) is 12.0 Å². The number of fused-ring (bicyclic) bond motifs is 1. The predicted molar refractivity (Wildman–Crippen MR) is 122 cm³/mol. The molecule has 0 saturated carbocycles. The van der Waals surface area contributed by atoms with Crippen LogP contribution in [0.1, 0.15) is 18.4 Å². The number of carbonyl (C=O) groups is 1. The van der Waals surface area contributed by atoms with Gasteiger partial charge < -0.3 is 23.8 Å². The summed E-state index contributed by atoms with van der Waals surface area (Å²) in [7, 11) is 4.75. The summed E-state index contributed by atoms with van der Waals surface area (Å²) in [6.07, 6.45) is 3.46. The van der Waals surface area contributed by atoms with Crippen molar-refractivity contribution in [2.75, 3.05) is 34.4 Å². The maximum Gasteiger partial charge on any atom is 0.223 e. The molecular formula is C25H28N2O5. The van der Waals surface area contributed by atoms with Gasteiger partial charge in [0, 0.05) is 31.0 Å². The number of benzene rings is 2. The number of likely N-dealkylation sites (tertiary alicyclic amines) is 1. The van der Waals surface area contributed by atoms with E-state index in [1.54, 1.807) is 27.5 Å². The molecule has 1 aliphatic heterocycles. The summed E-state index contributed by atoms with van der Waals surface area (Å²) in [5, 5.41) is 1.04. The fourth-order valence-corrected chi connectivity index (χ4v) is 4.16. The maximum absolute atomic E-state index is 12.9. The molecule has 1 fully saturated rings. The molecule has 0 radical (unpaired) electrons. The van der Waals surface area contributed by atoms with E-state index in [2.05, 4.69) is 4.98 Å². The normalized spacial score (nSPS) is 15.6. The summed E-state index contributed by atoms with van der Waals surface area (Å²) in [6, 6.07) is 13.6. The van der Waals surface area contributed by atoms with Gasteiger partial charge in [-0.3, -0.25) is 9.78 Å². The Hall–Kier alpha value is -3.48. The van der Waals surface area contributed by atoms with Gasteiger partial charge in [-0.05, 0) is 30.2 Å². The van der Waals surface area contributed by atoms with Gasteiger partial charge in [0.25, 0.3) is 0 Å².